The fourth-order valence-electron chi connectivity index (χ4n) is 2.77. The quantitative estimate of drug-likeness (QED) is 0.624. The van der Waals surface area contributed by atoms with E-state index < -0.39 is 0 Å². The van der Waals surface area contributed by atoms with E-state index >= 15 is 0 Å². The largest absolute Gasteiger partial charge is 0.493 e. The fourth-order valence-corrected chi connectivity index (χ4v) is 3.15. The summed E-state index contributed by atoms with van der Waals surface area (Å²) in [5.41, 5.74) is 1.53. The zero-order chi connectivity index (χ0) is 17.8. The van der Waals surface area contributed by atoms with Crippen LogP contribution in [0.3, 0.4) is 0 Å². The summed E-state index contributed by atoms with van der Waals surface area (Å²) in [6.07, 6.45) is 3.98. The number of fused-ring (bicyclic) bond motifs is 1. The highest BCUT2D eigenvalue weighted by molar-refractivity contribution is 9.10. The molecule has 3 rings (SSSR count). The molecule has 0 spiro atoms. The van der Waals surface area contributed by atoms with Crippen molar-refractivity contribution in [3.63, 3.8) is 0 Å². The van der Waals surface area contributed by atoms with Crippen LogP contribution < -0.4 is 10.3 Å². The Kier molecular flexibility index (Phi) is 5.53. The molecule has 1 aromatic carbocycles. The van der Waals surface area contributed by atoms with Crippen LogP contribution >= 0.6 is 15.9 Å². The van der Waals surface area contributed by atoms with Crippen LogP contribution in [-0.2, 0) is 6.42 Å². The van der Waals surface area contributed by atoms with Crippen molar-refractivity contribution in [1.82, 2.24) is 20.2 Å². The van der Waals surface area contributed by atoms with Gasteiger partial charge in [-0.25, -0.2) is 4.98 Å². The Morgan fingerprint density at radius 1 is 1.36 bits per heavy atom. The summed E-state index contributed by atoms with van der Waals surface area (Å²) in [4.78, 5) is 19.3. The van der Waals surface area contributed by atoms with Gasteiger partial charge < -0.3 is 9.72 Å². The highest BCUT2D eigenvalue weighted by Gasteiger charge is 2.14. The summed E-state index contributed by atoms with van der Waals surface area (Å²) >= 11 is 3.53. The third kappa shape index (κ3) is 4.10. The van der Waals surface area contributed by atoms with E-state index in [0.29, 0.717) is 29.9 Å². The number of nitrogens with zero attached hydrogens (tertiary/aromatic N) is 2. The van der Waals surface area contributed by atoms with Gasteiger partial charge in [0.1, 0.15) is 17.0 Å². The lowest BCUT2D eigenvalue weighted by Crippen LogP contribution is -2.12. The standard InChI is InChI=1S/C18H21BrN4O2/c1-3-8-25-15-6-5-12(19)9-13(15)11(2)4-7-16-21-17-14(10-20-23-17)18(24)22-16/h5-6,9-11H,3-4,7-8H2,1-2H3,(H2,20,21,22,23,24). The minimum Gasteiger partial charge on any atom is -0.493 e. The first-order valence-electron chi connectivity index (χ1n) is 8.43. The van der Waals surface area contributed by atoms with Gasteiger partial charge in [0, 0.05) is 10.9 Å². The zero-order valence-corrected chi connectivity index (χ0v) is 15.9. The maximum absolute atomic E-state index is 12.0. The Bertz CT molecular complexity index is 919. The molecule has 0 fully saturated rings. The van der Waals surface area contributed by atoms with Gasteiger partial charge in [-0.1, -0.05) is 29.8 Å². The zero-order valence-electron chi connectivity index (χ0n) is 14.3. The number of nitrogens with one attached hydrogen (secondary N) is 2. The van der Waals surface area contributed by atoms with E-state index in [2.05, 4.69) is 56.0 Å². The maximum Gasteiger partial charge on any atom is 0.262 e. The average molecular weight is 405 g/mol. The number of aromatic nitrogens is 4. The monoisotopic (exact) mass is 404 g/mol. The van der Waals surface area contributed by atoms with Crippen LogP contribution in [0.2, 0.25) is 0 Å². The Labute approximate surface area is 154 Å². The first-order chi connectivity index (χ1) is 12.1. The van der Waals surface area contributed by atoms with Crippen LogP contribution in [0.4, 0.5) is 0 Å². The van der Waals surface area contributed by atoms with Gasteiger partial charge in [0.15, 0.2) is 5.65 Å². The van der Waals surface area contributed by atoms with E-state index in [-0.39, 0.29) is 11.5 Å². The summed E-state index contributed by atoms with van der Waals surface area (Å²) in [5.74, 6) is 1.86. The molecule has 0 aliphatic heterocycles. The summed E-state index contributed by atoms with van der Waals surface area (Å²) in [6, 6.07) is 6.10. The Balaban J connectivity index is 1.76. The molecular weight excluding hydrogens is 384 g/mol. The van der Waals surface area contributed by atoms with Gasteiger partial charge in [-0.05, 0) is 42.5 Å². The molecule has 25 heavy (non-hydrogen) atoms. The molecule has 0 radical (unpaired) electrons. The van der Waals surface area contributed by atoms with Gasteiger partial charge in [-0.15, -0.1) is 0 Å². The first-order valence-corrected chi connectivity index (χ1v) is 9.22. The van der Waals surface area contributed by atoms with Crippen LogP contribution in [0.1, 0.15) is 44.0 Å². The number of H-pyrrole nitrogens is 2. The van der Waals surface area contributed by atoms with Crippen molar-refractivity contribution in [3.8, 4) is 5.75 Å². The van der Waals surface area contributed by atoms with Crippen molar-refractivity contribution in [1.29, 1.82) is 0 Å². The number of halogens is 1. The minimum atomic E-state index is -0.157. The number of hydrogen-bond acceptors (Lipinski definition) is 4. The second-order valence-corrected chi connectivity index (χ2v) is 7.03. The van der Waals surface area contributed by atoms with E-state index in [9.17, 15) is 4.79 Å². The number of benzene rings is 1. The van der Waals surface area contributed by atoms with Gasteiger partial charge in [-0.3, -0.25) is 9.89 Å². The lowest BCUT2D eigenvalue weighted by molar-refractivity contribution is 0.312. The van der Waals surface area contributed by atoms with Crippen molar-refractivity contribution in [2.24, 2.45) is 0 Å². The second kappa shape index (κ2) is 7.82. The molecule has 1 atom stereocenters. The molecule has 0 saturated heterocycles. The molecule has 2 N–H and O–H groups in total. The summed E-state index contributed by atoms with van der Waals surface area (Å²) in [6.45, 7) is 4.95. The van der Waals surface area contributed by atoms with Crippen molar-refractivity contribution >= 4 is 27.0 Å². The lowest BCUT2D eigenvalue weighted by atomic mass is 9.95. The molecule has 2 aromatic heterocycles. The maximum atomic E-state index is 12.0. The van der Waals surface area contributed by atoms with Crippen LogP contribution in [0, 0.1) is 0 Å². The molecule has 7 heteroatoms. The van der Waals surface area contributed by atoms with Gasteiger partial charge >= 0.3 is 0 Å². The van der Waals surface area contributed by atoms with Crippen LogP contribution in [0.5, 0.6) is 5.75 Å². The van der Waals surface area contributed by atoms with Crippen molar-refractivity contribution in [3.05, 3.63) is 50.6 Å². The molecule has 3 aromatic rings. The average Bonchev–Trinajstić information content (AvgIpc) is 3.07. The molecule has 0 aliphatic rings. The number of aryl methyl sites for hydroxylation is 1. The highest BCUT2D eigenvalue weighted by Crippen LogP contribution is 2.32. The molecule has 0 aliphatic carbocycles. The van der Waals surface area contributed by atoms with Crippen molar-refractivity contribution in [2.75, 3.05) is 6.61 Å². The lowest BCUT2D eigenvalue weighted by Gasteiger charge is -2.17. The van der Waals surface area contributed by atoms with E-state index in [4.69, 9.17) is 4.74 Å². The Morgan fingerprint density at radius 3 is 3.00 bits per heavy atom. The Hall–Kier alpha value is -2.15. The van der Waals surface area contributed by atoms with Gasteiger partial charge in [0.2, 0.25) is 0 Å². The number of hydrogen-bond donors (Lipinski definition) is 2. The first kappa shape index (κ1) is 17.7. The van der Waals surface area contributed by atoms with Crippen LogP contribution in [0.15, 0.2) is 33.7 Å². The summed E-state index contributed by atoms with van der Waals surface area (Å²) in [5, 5.41) is 7.10. The molecule has 132 valence electrons. The Morgan fingerprint density at radius 2 is 2.20 bits per heavy atom. The van der Waals surface area contributed by atoms with E-state index in [1.807, 2.05) is 12.1 Å². The smallest absolute Gasteiger partial charge is 0.262 e. The van der Waals surface area contributed by atoms with E-state index in [1.54, 1.807) is 0 Å². The molecule has 1 unspecified atom stereocenters. The third-order valence-electron chi connectivity index (χ3n) is 4.15. The van der Waals surface area contributed by atoms with Gasteiger partial charge in [0.05, 0.1) is 12.8 Å². The molecule has 0 amide bonds. The van der Waals surface area contributed by atoms with Crippen molar-refractivity contribution in [2.45, 2.75) is 39.0 Å². The topological polar surface area (TPSA) is 83.7 Å². The van der Waals surface area contributed by atoms with Crippen LogP contribution in [-0.4, -0.2) is 26.8 Å². The summed E-state index contributed by atoms with van der Waals surface area (Å²) < 4.78 is 6.90. The second-order valence-electron chi connectivity index (χ2n) is 6.12. The fraction of sp³-hybridized carbons (Fsp3) is 0.389. The predicted molar refractivity (Wildman–Crippen MR) is 101 cm³/mol. The van der Waals surface area contributed by atoms with E-state index in [1.165, 1.54) is 6.20 Å². The van der Waals surface area contributed by atoms with E-state index in [0.717, 1.165) is 28.6 Å². The van der Waals surface area contributed by atoms with Crippen molar-refractivity contribution < 1.29 is 4.74 Å². The minimum absolute atomic E-state index is 0.157. The normalized spacial score (nSPS) is 12.4. The molecule has 6 nitrogen and oxygen atoms in total. The van der Waals surface area contributed by atoms with Gasteiger partial charge in [0.25, 0.3) is 5.56 Å². The van der Waals surface area contributed by atoms with Gasteiger partial charge in [-0.2, -0.15) is 5.10 Å². The number of aromatic amines is 2. The van der Waals surface area contributed by atoms with Crippen LogP contribution in [0.25, 0.3) is 11.0 Å². The molecule has 0 bridgehead atoms. The molecule has 0 saturated carbocycles. The SMILES string of the molecule is CCCOc1ccc(Br)cc1C(C)CCc1nc2[nH]ncc2c(=O)[nH]1. The molecule has 2 heterocycles. The summed E-state index contributed by atoms with van der Waals surface area (Å²) in [7, 11) is 0. The predicted octanol–water partition coefficient (Wildman–Crippen LogP) is 3.93. The third-order valence-corrected chi connectivity index (χ3v) is 4.64. The number of rotatable bonds is 7. The highest BCUT2D eigenvalue weighted by atomic mass is 79.9. The molecular formula is C18H21BrN4O2. The number of ether oxygens (including phenoxy) is 1.